The highest BCUT2D eigenvalue weighted by Gasteiger charge is 2.30. The minimum absolute atomic E-state index is 0.0214. The van der Waals surface area contributed by atoms with E-state index in [1.807, 2.05) is 24.3 Å². The lowest BCUT2D eigenvalue weighted by Gasteiger charge is -2.22. The molecule has 2 aromatic heterocycles. The number of aryl methyl sites for hydroxylation is 2. The van der Waals surface area contributed by atoms with Crippen molar-refractivity contribution >= 4 is 10.9 Å². The number of pyridine rings is 1. The summed E-state index contributed by atoms with van der Waals surface area (Å²) in [5, 5.41) is 1.09. The molecular weight excluding hydrogens is 324 g/mol. The molecule has 5 heteroatoms. The average molecular weight is 348 g/mol. The van der Waals surface area contributed by atoms with Crippen LogP contribution < -0.4 is 5.56 Å². The maximum atomic E-state index is 12.5. The Morgan fingerprint density at radius 1 is 1.12 bits per heavy atom. The van der Waals surface area contributed by atoms with E-state index in [1.54, 1.807) is 0 Å². The van der Waals surface area contributed by atoms with Crippen molar-refractivity contribution in [2.45, 2.75) is 51.1 Å². The van der Waals surface area contributed by atoms with E-state index >= 15 is 0 Å². The molecule has 1 aliphatic heterocycles. The van der Waals surface area contributed by atoms with Gasteiger partial charge in [0, 0.05) is 23.3 Å². The number of rotatable bonds is 3. The van der Waals surface area contributed by atoms with Crippen LogP contribution >= 0.6 is 0 Å². The zero-order valence-corrected chi connectivity index (χ0v) is 14.9. The predicted molar refractivity (Wildman–Crippen MR) is 102 cm³/mol. The van der Waals surface area contributed by atoms with Gasteiger partial charge in [0.15, 0.2) is 0 Å². The second-order valence-corrected chi connectivity index (χ2v) is 7.59. The van der Waals surface area contributed by atoms with Gasteiger partial charge in [0.1, 0.15) is 5.82 Å². The molecule has 1 saturated heterocycles. The SMILES string of the molecule is O=c1[nH]c2ccccc2cc1CN1CCC[C@H]1c1nc2c([nH]1)CCCC2. The topological polar surface area (TPSA) is 64.8 Å². The van der Waals surface area contributed by atoms with Crippen LogP contribution in [0.4, 0.5) is 0 Å². The van der Waals surface area contributed by atoms with Crippen LogP contribution in [0.1, 0.15) is 54.5 Å². The van der Waals surface area contributed by atoms with Crippen molar-refractivity contribution in [1.29, 1.82) is 0 Å². The van der Waals surface area contributed by atoms with Crippen molar-refractivity contribution in [2.24, 2.45) is 0 Å². The number of para-hydroxylation sites is 1. The maximum Gasteiger partial charge on any atom is 0.252 e. The summed E-state index contributed by atoms with van der Waals surface area (Å²) >= 11 is 0. The number of nitrogens with one attached hydrogen (secondary N) is 2. The first-order valence-electron chi connectivity index (χ1n) is 9.70. The fourth-order valence-corrected chi connectivity index (χ4v) is 4.49. The van der Waals surface area contributed by atoms with Crippen LogP contribution in [-0.4, -0.2) is 26.4 Å². The largest absolute Gasteiger partial charge is 0.344 e. The van der Waals surface area contributed by atoms with E-state index in [1.165, 1.54) is 24.2 Å². The number of H-pyrrole nitrogens is 2. The molecule has 1 fully saturated rings. The van der Waals surface area contributed by atoms with Crippen LogP contribution in [0.5, 0.6) is 0 Å². The van der Waals surface area contributed by atoms with Gasteiger partial charge >= 0.3 is 0 Å². The molecule has 5 nitrogen and oxygen atoms in total. The highest BCUT2D eigenvalue weighted by Crippen LogP contribution is 2.33. The van der Waals surface area contributed by atoms with Gasteiger partial charge in [-0.3, -0.25) is 9.69 Å². The van der Waals surface area contributed by atoms with Gasteiger partial charge in [-0.25, -0.2) is 4.98 Å². The Labute approximate surface area is 152 Å². The number of hydrogen-bond donors (Lipinski definition) is 2. The molecule has 0 bridgehead atoms. The first kappa shape index (κ1) is 15.8. The van der Waals surface area contributed by atoms with E-state index in [0.717, 1.165) is 54.5 Å². The van der Waals surface area contributed by atoms with Crippen LogP contribution in [-0.2, 0) is 19.4 Å². The summed E-state index contributed by atoms with van der Waals surface area (Å²) in [7, 11) is 0. The summed E-state index contributed by atoms with van der Waals surface area (Å²) in [5.41, 5.74) is 4.36. The lowest BCUT2D eigenvalue weighted by atomic mass is 10.0. The average Bonchev–Trinajstić information content (AvgIpc) is 3.28. The first-order valence-corrected chi connectivity index (χ1v) is 9.70. The number of hydrogen-bond acceptors (Lipinski definition) is 3. The molecule has 0 unspecified atom stereocenters. The molecule has 0 saturated carbocycles. The second-order valence-electron chi connectivity index (χ2n) is 7.59. The van der Waals surface area contributed by atoms with Crippen molar-refractivity contribution in [3.05, 3.63) is 63.5 Å². The van der Waals surface area contributed by atoms with Gasteiger partial charge in [-0.2, -0.15) is 0 Å². The minimum atomic E-state index is 0.0214. The number of nitrogens with zero attached hydrogens (tertiary/aromatic N) is 2. The summed E-state index contributed by atoms with van der Waals surface area (Å²) in [6.07, 6.45) is 7.00. The Hall–Kier alpha value is -2.40. The van der Waals surface area contributed by atoms with Gasteiger partial charge in [-0.05, 0) is 62.6 Å². The van der Waals surface area contributed by atoms with Gasteiger partial charge in [-0.1, -0.05) is 18.2 Å². The van der Waals surface area contributed by atoms with Crippen LogP contribution in [0.15, 0.2) is 35.1 Å². The lowest BCUT2D eigenvalue weighted by Crippen LogP contribution is -2.27. The number of aromatic amines is 2. The smallest absolute Gasteiger partial charge is 0.252 e. The molecule has 2 N–H and O–H groups in total. The Morgan fingerprint density at radius 3 is 2.92 bits per heavy atom. The molecular formula is C21H24N4O. The number of likely N-dealkylation sites (tertiary alicyclic amines) is 1. The summed E-state index contributed by atoms with van der Waals surface area (Å²) in [4.78, 5) is 26.5. The van der Waals surface area contributed by atoms with Crippen molar-refractivity contribution in [3.8, 4) is 0 Å². The fourth-order valence-electron chi connectivity index (χ4n) is 4.49. The molecule has 3 aromatic rings. The third-order valence-electron chi connectivity index (χ3n) is 5.86. The molecule has 134 valence electrons. The Kier molecular flexibility index (Phi) is 3.89. The fraction of sp³-hybridized carbons (Fsp3) is 0.429. The van der Waals surface area contributed by atoms with Crippen LogP contribution in [0.3, 0.4) is 0 Å². The third kappa shape index (κ3) is 2.76. The molecule has 0 radical (unpaired) electrons. The van der Waals surface area contributed by atoms with E-state index in [0.29, 0.717) is 12.6 Å². The summed E-state index contributed by atoms with van der Waals surface area (Å²) in [6, 6.07) is 10.3. The van der Waals surface area contributed by atoms with Crippen LogP contribution in [0.2, 0.25) is 0 Å². The van der Waals surface area contributed by atoms with Crippen LogP contribution in [0.25, 0.3) is 10.9 Å². The number of benzene rings is 1. The van der Waals surface area contributed by atoms with E-state index in [2.05, 4.69) is 20.9 Å². The molecule has 1 aliphatic carbocycles. The van der Waals surface area contributed by atoms with Crippen LogP contribution in [0, 0.1) is 0 Å². The third-order valence-corrected chi connectivity index (χ3v) is 5.86. The lowest BCUT2D eigenvalue weighted by molar-refractivity contribution is 0.240. The summed E-state index contributed by atoms with van der Waals surface area (Å²) in [6.45, 7) is 1.69. The zero-order chi connectivity index (χ0) is 17.5. The molecule has 1 aromatic carbocycles. The standard InChI is InChI=1S/C21H24N4O/c26-21-15(12-14-6-1-2-7-16(14)24-21)13-25-11-5-10-19(25)20-22-17-8-3-4-9-18(17)23-20/h1-2,6-7,12,19H,3-5,8-11,13H2,(H,22,23)(H,24,26)/t19-/m0/s1. The van der Waals surface area contributed by atoms with E-state index in [-0.39, 0.29) is 5.56 Å². The normalized spacial score (nSPS) is 20.5. The predicted octanol–water partition coefficient (Wildman–Crippen LogP) is 3.47. The Morgan fingerprint density at radius 2 is 2.00 bits per heavy atom. The highest BCUT2D eigenvalue weighted by molar-refractivity contribution is 5.78. The van der Waals surface area contributed by atoms with Gasteiger partial charge < -0.3 is 9.97 Å². The molecule has 2 aliphatic rings. The van der Waals surface area contributed by atoms with E-state index in [4.69, 9.17) is 4.98 Å². The molecule has 5 rings (SSSR count). The van der Waals surface area contributed by atoms with Crippen molar-refractivity contribution in [2.75, 3.05) is 6.54 Å². The number of aromatic nitrogens is 3. The number of imidazole rings is 1. The Bertz CT molecular complexity index is 979. The quantitative estimate of drug-likeness (QED) is 0.762. The van der Waals surface area contributed by atoms with Gasteiger partial charge in [0.05, 0.1) is 11.7 Å². The van der Waals surface area contributed by atoms with Crippen molar-refractivity contribution < 1.29 is 0 Å². The molecule has 3 heterocycles. The number of fused-ring (bicyclic) bond motifs is 2. The van der Waals surface area contributed by atoms with Gasteiger partial charge in [0.2, 0.25) is 0 Å². The zero-order valence-electron chi connectivity index (χ0n) is 14.9. The molecule has 0 spiro atoms. The summed E-state index contributed by atoms with van der Waals surface area (Å²) < 4.78 is 0. The molecule has 0 amide bonds. The van der Waals surface area contributed by atoms with Gasteiger partial charge in [0.25, 0.3) is 5.56 Å². The van der Waals surface area contributed by atoms with E-state index in [9.17, 15) is 4.79 Å². The maximum absolute atomic E-state index is 12.5. The second kappa shape index (κ2) is 6.40. The van der Waals surface area contributed by atoms with Gasteiger partial charge in [-0.15, -0.1) is 0 Å². The highest BCUT2D eigenvalue weighted by atomic mass is 16.1. The molecule has 1 atom stereocenters. The summed E-state index contributed by atoms with van der Waals surface area (Å²) in [5.74, 6) is 1.10. The van der Waals surface area contributed by atoms with Crippen molar-refractivity contribution in [3.63, 3.8) is 0 Å². The first-order chi connectivity index (χ1) is 12.8. The minimum Gasteiger partial charge on any atom is -0.344 e. The Balaban J connectivity index is 1.43. The van der Waals surface area contributed by atoms with Crippen molar-refractivity contribution in [1.82, 2.24) is 19.9 Å². The molecule has 26 heavy (non-hydrogen) atoms. The van der Waals surface area contributed by atoms with E-state index < -0.39 is 0 Å². The monoisotopic (exact) mass is 348 g/mol.